The van der Waals surface area contributed by atoms with Gasteiger partial charge in [-0.05, 0) is 19.1 Å². The molecule has 1 unspecified atom stereocenters. The molecule has 0 aliphatic carbocycles. The second-order valence-electron chi connectivity index (χ2n) is 4.36. The van der Waals surface area contributed by atoms with Gasteiger partial charge in [-0.2, -0.15) is 9.78 Å². The van der Waals surface area contributed by atoms with Crippen LogP contribution in [0.4, 0.5) is 0 Å². The minimum atomic E-state index is -0.587. The van der Waals surface area contributed by atoms with Crippen molar-refractivity contribution in [2.45, 2.75) is 19.4 Å². The molecule has 1 aliphatic heterocycles. The van der Waals surface area contributed by atoms with Crippen molar-refractivity contribution >= 4 is 11.6 Å². The van der Waals surface area contributed by atoms with Crippen LogP contribution in [0.2, 0.25) is 5.02 Å². The molecule has 0 bridgehead atoms. The fourth-order valence-electron chi connectivity index (χ4n) is 2.17. The van der Waals surface area contributed by atoms with E-state index in [1.54, 1.807) is 12.1 Å². The normalized spacial score (nSPS) is 17.1. The first-order valence-electron chi connectivity index (χ1n) is 5.73. The number of aromatic nitrogens is 3. The highest BCUT2D eigenvalue weighted by Gasteiger charge is 2.26. The topological polar surface area (TPSA) is 77.0 Å². The Labute approximate surface area is 112 Å². The van der Waals surface area contributed by atoms with Crippen LogP contribution in [0.1, 0.15) is 12.5 Å². The number of halogens is 1. The van der Waals surface area contributed by atoms with Crippen molar-refractivity contribution in [3.8, 4) is 11.4 Å². The van der Waals surface area contributed by atoms with Crippen molar-refractivity contribution in [3.63, 3.8) is 0 Å². The summed E-state index contributed by atoms with van der Waals surface area (Å²) >= 11 is 6.07. The van der Waals surface area contributed by atoms with Gasteiger partial charge in [0.05, 0.1) is 10.7 Å². The lowest BCUT2D eigenvalue weighted by molar-refractivity contribution is 0.255. The number of H-pyrrole nitrogens is 1. The zero-order chi connectivity index (χ0) is 13.6. The van der Waals surface area contributed by atoms with Crippen molar-refractivity contribution < 1.29 is 4.74 Å². The fraction of sp³-hybridized carbons (Fsp3) is 0.250. The van der Waals surface area contributed by atoms with Gasteiger partial charge in [-0.3, -0.25) is 9.78 Å². The van der Waals surface area contributed by atoms with Crippen LogP contribution in [0.3, 0.4) is 0 Å². The van der Waals surface area contributed by atoms with E-state index in [0.717, 1.165) is 16.4 Å². The lowest BCUT2D eigenvalue weighted by atomic mass is 10.1. The third-order valence-electron chi connectivity index (χ3n) is 2.94. The van der Waals surface area contributed by atoms with Crippen molar-refractivity contribution in [1.82, 2.24) is 14.8 Å². The molecule has 98 valence electrons. The number of aromatic amines is 1. The molecule has 1 N–H and O–H groups in total. The monoisotopic (exact) mass is 279 g/mol. The average molecular weight is 280 g/mol. The fourth-order valence-corrected chi connectivity index (χ4v) is 2.39. The quantitative estimate of drug-likeness (QED) is 0.841. The van der Waals surface area contributed by atoms with Gasteiger partial charge in [-0.25, -0.2) is 4.79 Å². The zero-order valence-corrected chi connectivity index (χ0v) is 10.8. The van der Waals surface area contributed by atoms with Crippen LogP contribution in [0.5, 0.6) is 5.75 Å². The molecule has 1 aromatic heterocycles. The maximum absolute atomic E-state index is 11.8. The Morgan fingerprint density at radius 1 is 1.47 bits per heavy atom. The minimum absolute atomic E-state index is 0.00730. The highest BCUT2D eigenvalue weighted by molar-refractivity contribution is 6.32. The highest BCUT2D eigenvalue weighted by atomic mass is 35.5. The molecule has 6 nitrogen and oxygen atoms in total. The number of hydrogen-bond donors (Lipinski definition) is 1. The van der Waals surface area contributed by atoms with Crippen molar-refractivity contribution in [2.75, 3.05) is 0 Å². The van der Waals surface area contributed by atoms with Crippen molar-refractivity contribution in [2.24, 2.45) is 0 Å². The molecule has 1 aromatic carbocycles. The summed E-state index contributed by atoms with van der Waals surface area (Å²) in [6.45, 7) is 1.92. The second-order valence-corrected chi connectivity index (χ2v) is 4.76. The molecule has 1 aliphatic rings. The van der Waals surface area contributed by atoms with Gasteiger partial charge in [-0.1, -0.05) is 11.6 Å². The minimum Gasteiger partial charge on any atom is -0.488 e. The van der Waals surface area contributed by atoms with Gasteiger partial charge >= 0.3 is 5.69 Å². The van der Waals surface area contributed by atoms with E-state index in [1.807, 2.05) is 6.92 Å². The summed E-state index contributed by atoms with van der Waals surface area (Å²) in [5.74, 6) is 0.576. The summed E-state index contributed by atoms with van der Waals surface area (Å²) in [6, 6.07) is 3.34. The second kappa shape index (κ2) is 4.24. The summed E-state index contributed by atoms with van der Waals surface area (Å²) < 4.78 is 6.75. The predicted molar refractivity (Wildman–Crippen MR) is 69.3 cm³/mol. The molecule has 0 spiro atoms. The standard InChI is InChI=1S/C12H10ClN3O3/c1-6-4-7-9(3-2-8(13)11(7)19-6)16-12(18)15-10(17)5-14-16/h2-3,5-6H,4H2,1H3,(H,15,17,18). The number of nitrogens with zero attached hydrogens (tertiary/aromatic N) is 2. The Morgan fingerprint density at radius 2 is 2.26 bits per heavy atom. The van der Waals surface area contributed by atoms with E-state index in [-0.39, 0.29) is 6.10 Å². The molecule has 0 amide bonds. The van der Waals surface area contributed by atoms with Gasteiger partial charge in [-0.15, -0.1) is 0 Å². The molecule has 3 rings (SSSR count). The molecule has 0 fully saturated rings. The number of nitrogens with one attached hydrogen (secondary N) is 1. The van der Waals surface area contributed by atoms with Crippen LogP contribution in [-0.4, -0.2) is 20.9 Å². The summed E-state index contributed by atoms with van der Waals surface area (Å²) in [5, 5.41) is 4.34. The van der Waals surface area contributed by atoms with E-state index >= 15 is 0 Å². The predicted octanol–water partition coefficient (Wildman–Crippen LogP) is 0.898. The van der Waals surface area contributed by atoms with Gasteiger partial charge in [0.1, 0.15) is 18.1 Å². The summed E-state index contributed by atoms with van der Waals surface area (Å²) in [5.41, 5.74) is 0.278. The third kappa shape index (κ3) is 1.94. The molecular weight excluding hydrogens is 270 g/mol. The average Bonchev–Trinajstić information content (AvgIpc) is 2.73. The molecule has 1 atom stereocenters. The van der Waals surface area contributed by atoms with E-state index < -0.39 is 11.2 Å². The molecule has 0 saturated carbocycles. The molecular formula is C12H10ClN3O3. The van der Waals surface area contributed by atoms with Gasteiger partial charge < -0.3 is 4.74 Å². The SMILES string of the molecule is CC1Cc2c(-n3ncc(=O)[nH]c3=O)ccc(Cl)c2O1. The maximum atomic E-state index is 11.8. The largest absolute Gasteiger partial charge is 0.488 e. The van der Waals surface area contributed by atoms with Gasteiger partial charge in [0.15, 0.2) is 0 Å². The molecule has 2 aromatic rings. The Morgan fingerprint density at radius 3 is 3.00 bits per heavy atom. The highest BCUT2D eigenvalue weighted by Crippen LogP contribution is 2.38. The molecule has 19 heavy (non-hydrogen) atoms. The van der Waals surface area contributed by atoms with Gasteiger partial charge in [0.25, 0.3) is 5.56 Å². The first-order valence-corrected chi connectivity index (χ1v) is 6.11. The van der Waals surface area contributed by atoms with Gasteiger partial charge in [0, 0.05) is 12.0 Å². The Hall–Kier alpha value is -2.08. The maximum Gasteiger partial charge on any atom is 0.349 e. The number of ether oxygens (including phenoxy) is 1. The molecule has 0 radical (unpaired) electrons. The van der Waals surface area contributed by atoms with E-state index in [4.69, 9.17) is 16.3 Å². The van der Waals surface area contributed by atoms with Crippen LogP contribution < -0.4 is 16.0 Å². The lowest BCUT2D eigenvalue weighted by Gasteiger charge is -2.08. The molecule has 0 saturated heterocycles. The van der Waals surface area contributed by atoms with E-state index in [0.29, 0.717) is 22.9 Å². The zero-order valence-electron chi connectivity index (χ0n) is 10.0. The number of rotatable bonds is 1. The number of fused-ring (bicyclic) bond motifs is 1. The summed E-state index contributed by atoms with van der Waals surface area (Å²) in [7, 11) is 0. The van der Waals surface area contributed by atoms with Gasteiger partial charge in [0.2, 0.25) is 0 Å². The molecule has 7 heteroatoms. The summed E-state index contributed by atoms with van der Waals surface area (Å²) in [4.78, 5) is 25.0. The Bertz CT molecular complexity index is 766. The first-order chi connectivity index (χ1) is 9.06. The van der Waals surface area contributed by atoms with Crippen LogP contribution in [0.25, 0.3) is 5.69 Å². The number of benzene rings is 1. The van der Waals surface area contributed by atoms with Crippen LogP contribution in [-0.2, 0) is 6.42 Å². The first kappa shape index (κ1) is 12.0. The Kier molecular flexibility index (Phi) is 2.67. The van der Waals surface area contributed by atoms with E-state index in [9.17, 15) is 9.59 Å². The van der Waals surface area contributed by atoms with Crippen molar-refractivity contribution in [1.29, 1.82) is 0 Å². The van der Waals surface area contributed by atoms with E-state index in [1.165, 1.54) is 0 Å². The molecule has 2 heterocycles. The summed E-state index contributed by atoms with van der Waals surface area (Å²) in [6.07, 6.45) is 1.69. The van der Waals surface area contributed by atoms with Crippen LogP contribution >= 0.6 is 11.6 Å². The third-order valence-corrected chi connectivity index (χ3v) is 3.24. The van der Waals surface area contributed by atoms with Crippen LogP contribution in [0.15, 0.2) is 27.9 Å². The lowest BCUT2D eigenvalue weighted by Crippen LogP contribution is -2.30. The smallest absolute Gasteiger partial charge is 0.349 e. The Balaban J connectivity index is 2.25. The number of hydrogen-bond acceptors (Lipinski definition) is 4. The van der Waals surface area contributed by atoms with Crippen LogP contribution in [0, 0.1) is 0 Å². The van der Waals surface area contributed by atoms with E-state index in [2.05, 4.69) is 10.1 Å². The van der Waals surface area contributed by atoms with Crippen molar-refractivity contribution in [3.05, 3.63) is 49.8 Å².